The number of alkyl halides is 3. The first-order valence-corrected chi connectivity index (χ1v) is 8.34. The number of nitrogens with zero attached hydrogens (tertiary/aromatic N) is 1. The Kier molecular flexibility index (Phi) is 4.28. The molecule has 3 aromatic rings. The molecule has 0 bridgehead atoms. The highest BCUT2D eigenvalue weighted by molar-refractivity contribution is 7.20. The van der Waals surface area contributed by atoms with Crippen LogP contribution < -0.4 is 5.32 Å². The zero-order chi connectivity index (χ0) is 18.4. The van der Waals surface area contributed by atoms with Crippen LogP contribution in [-0.2, 0) is 6.18 Å². The molecule has 7 heteroatoms. The summed E-state index contributed by atoms with van der Waals surface area (Å²) in [5.74, 6) is -0.426. The molecule has 0 spiro atoms. The average Bonchev–Trinajstić information content (AvgIpc) is 2.92. The first kappa shape index (κ1) is 17.4. The highest BCUT2D eigenvalue weighted by Crippen LogP contribution is 2.33. The predicted molar refractivity (Wildman–Crippen MR) is 93.2 cm³/mol. The van der Waals surface area contributed by atoms with E-state index in [9.17, 15) is 18.0 Å². The summed E-state index contributed by atoms with van der Waals surface area (Å²) in [5.41, 5.74) is 3.03. The molecule has 0 aliphatic heterocycles. The molecule has 0 aliphatic carbocycles. The molecule has 25 heavy (non-hydrogen) atoms. The van der Waals surface area contributed by atoms with E-state index < -0.39 is 17.6 Å². The molecular formula is C18H15F3N2OS. The van der Waals surface area contributed by atoms with Gasteiger partial charge in [-0.05, 0) is 50.1 Å². The van der Waals surface area contributed by atoms with Crippen molar-refractivity contribution in [1.29, 1.82) is 0 Å². The Labute approximate surface area is 146 Å². The number of anilines is 1. The number of halogens is 3. The summed E-state index contributed by atoms with van der Waals surface area (Å²) in [6, 6.07) is 7.21. The number of carbonyl (C=O) groups is 1. The van der Waals surface area contributed by atoms with Crippen LogP contribution in [0.15, 0.2) is 30.3 Å². The van der Waals surface area contributed by atoms with Crippen LogP contribution in [0.4, 0.5) is 18.9 Å². The van der Waals surface area contributed by atoms with Crippen LogP contribution in [0, 0.1) is 20.8 Å². The van der Waals surface area contributed by atoms with Crippen molar-refractivity contribution in [3.63, 3.8) is 0 Å². The van der Waals surface area contributed by atoms with Crippen molar-refractivity contribution in [3.05, 3.63) is 57.6 Å². The number of aryl methyl sites for hydroxylation is 3. The lowest BCUT2D eigenvalue weighted by molar-refractivity contribution is -0.137. The van der Waals surface area contributed by atoms with E-state index in [1.54, 1.807) is 0 Å². The van der Waals surface area contributed by atoms with E-state index >= 15 is 0 Å². The normalized spacial score (nSPS) is 11.8. The van der Waals surface area contributed by atoms with Crippen LogP contribution in [-0.4, -0.2) is 10.9 Å². The Morgan fingerprint density at radius 3 is 2.32 bits per heavy atom. The second kappa shape index (κ2) is 6.15. The smallest absolute Gasteiger partial charge is 0.319 e. The van der Waals surface area contributed by atoms with Crippen LogP contribution >= 0.6 is 11.3 Å². The lowest BCUT2D eigenvalue weighted by Crippen LogP contribution is -2.13. The Balaban J connectivity index is 1.93. The summed E-state index contributed by atoms with van der Waals surface area (Å²) >= 11 is 1.07. The number of amides is 1. The van der Waals surface area contributed by atoms with Gasteiger partial charge in [-0.2, -0.15) is 13.2 Å². The summed E-state index contributed by atoms with van der Waals surface area (Å²) in [6.07, 6.45) is -4.43. The van der Waals surface area contributed by atoms with Crippen LogP contribution in [0.25, 0.3) is 10.2 Å². The van der Waals surface area contributed by atoms with Crippen LogP contribution in [0.3, 0.4) is 0 Å². The molecule has 0 radical (unpaired) electrons. The maximum absolute atomic E-state index is 12.8. The molecule has 0 saturated carbocycles. The Morgan fingerprint density at radius 2 is 1.72 bits per heavy atom. The number of benzene rings is 2. The third kappa shape index (κ3) is 3.51. The van der Waals surface area contributed by atoms with E-state index in [0.717, 1.165) is 40.2 Å². The third-order valence-electron chi connectivity index (χ3n) is 3.82. The van der Waals surface area contributed by atoms with Gasteiger partial charge in [0.05, 0.1) is 15.8 Å². The number of hydrogen-bond acceptors (Lipinski definition) is 3. The van der Waals surface area contributed by atoms with Crippen molar-refractivity contribution in [2.24, 2.45) is 0 Å². The fourth-order valence-corrected chi connectivity index (χ4v) is 3.59. The van der Waals surface area contributed by atoms with Crippen molar-refractivity contribution in [2.45, 2.75) is 26.9 Å². The van der Waals surface area contributed by atoms with Crippen LogP contribution in [0.5, 0.6) is 0 Å². The van der Waals surface area contributed by atoms with Crippen molar-refractivity contribution in [2.75, 3.05) is 5.32 Å². The van der Waals surface area contributed by atoms with Gasteiger partial charge in [0.1, 0.15) is 0 Å². The summed E-state index contributed by atoms with van der Waals surface area (Å²) < 4.78 is 38.9. The standard InChI is InChI=1S/C18H15F3N2OS/c1-9-6-10(2)15(11(3)7-9)23-16(24)17-22-13-8-12(18(19,20)21)4-5-14(13)25-17/h4-8H,1-3H3,(H,23,24). The van der Waals surface area contributed by atoms with Gasteiger partial charge in [-0.15, -0.1) is 11.3 Å². The second-order valence-corrected chi connectivity index (χ2v) is 6.96. The fraction of sp³-hybridized carbons (Fsp3) is 0.222. The highest BCUT2D eigenvalue weighted by atomic mass is 32.1. The van der Waals surface area contributed by atoms with Crippen molar-refractivity contribution >= 4 is 33.1 Å². The van der Waals surface area contributed by atoms with Gasteiger partial charge in [-0.25, -0.2) is 4.98 Å². The molecular weight excluding hydrogens is 349 g/mol. The van der Waals surface area contributed by atoms with E-state index in [4.69, 9.17) is 0 Å². The van der Waals surface area contributed by atoms with Crippen molar-refractivity contribution in [1.82, 2.24) is 4.98 Å². The van der Waals surface area contributed by atoms with Crippen LogP contribution in [0.2, 0.25) is 0 Å². The molecule has 0 saturated heterocycles. The second-order valence-electron chi connectivity index (χ2n) is 5.93. The Bertz CT molecular complexity index is 953. The van der Waals surface area contributed by atoms with Crippen molar-refractivity contribution in [3.8, 4) is 0 Å². The maximum atomic E-state index is 12.8. The number of thiazole rings is 1. The number of rotatable bonds is 2. The minimum Gasteiger partial charge on any atom is -0.319 e. The van der Waals surface area contributed by atoms with E-state index in [1.807, 2.05) is 32.9 Å². The number of nitrogens with one attached hydrogen (secondary N) is 1. The molecule has 3 rings (SSSR count). The molecule has 0 atom stereocenters. The quantitative estimate of drug-likeness (QED) is 0.653. The number of hydrogen-bond donors (Lipinski definition) is 1. The molecule has 0 fully saturated rings. The Morgan fingerprint density at radius 1 is 1.08 bits per heavy atom. The van der Waals surface area contributed by atoms with Crippen LogP contribution in [0.1, 0.15) is 32.1 Å². The number of aromatic nitrogens is 1. The zero-order valence-corrected chi connectivity index (χ0v) is 14.6. The van der Waals surface area contributed by atoms with E-state index in [0.29, 0.717) is 10.4 Å². The summed E-state index contributed by atoms with van der Waals surface area (Å²) in [7, 11) is 0. The molecule has 0 aliphatic rings. The highest BCUT2D eigenvalue weighted by Gasteiger charge is 2.31. The molecule has 3 nitrogen and oxygen atoms in total. The lowest BCUT2D eigenvalue weighted by atomic mass is 10.1. The molecule has 0 unspecified atom stereocenters. The Hall–Kier alpha value is -2.41. The van der Waals surface area contributed by atoms with E-state index in [1.165, 1.54) is 6.07 Å². The van der Waals surface area contributed by atoms with E-state index in [2.05, 4.69) is 10.3 Å². The molecule has 1 N–H and O–H groups in total. The van der Waals surface area contributed by atoms with Gasteiger partial charge in [0, 0.05) is 5.69 Å². The van der Waals surface area contributed by atoms with Gasteiger partial charge in [-0.1, -0.05) is 17.7 Å². The largest absolute Gasteiger partial charge is 0.416 e. The third-order valence-corrected chi connectivity index (χ3v) is 4.86. The predicted octanol–water partition coefficient (Wildman–Crippen LogP) is 5.49. The SMILES string of the molecule is Cc1cc(C)c(NC(=O)c2nc3cc(C(F)(F)F)ccc3s2)c(C)c1. The van der Waals surface area contributed by atoms with Gasteiger partial charge in [0.15, 0.2) is 5.01 Å². The van der Waals surface area contributed by atoms with Gasteiger partial charge in [-0.3, -0.25) is 4.79 Å². The van der Waals surface area contributed by atoms with Gasteiger partial charge < -0.3 is 5.32 Å². The minimum absolute atomic E-state index is 0.133. The van der Waals surface area contributed by atoms with Crippen molar-refractivity contribution < 1.29 is 18.0 Å². The van der Waals surface area contributed by atoms with E-state index in [-0.39, 0.29) is 10.5 Å². The molecule has 1 aromatic heterocycles. The minimum atomic E-state index is -4.43. The lowest BCUT2D eigenvalue weighted by Gasteiger charge is -2.11. The summed E-state index contributed by atoms with van der Waals surface area (Å²) in [4.78, 5) is 16.5. The number of fused-ring (bicyclic) bond motifs is 1. The zero-order valence-electron chi connectivity index (χ0n) is 13.8. The van der Waals surface area contributed by atoms with Gasteiger partial charge in [0.2, 0.25) is 0 Å². The van der Waals surface area contributed by atoms with Gasteiger partial charge >= 0.3 is 6.18 Å². The molecule has 1 amide bonds. The molecule has 1 heterocycles. The summed E-state index contributed by atoms with van der Waals surface area (Å²) in [5, 5.41) is 2.95. The van der Waals surface area contributed by atoms with Gasteiger partial charge in [0.25, 0.3) is 5.91 Å². The molecule has 2 aromatic carbocycles. The first-order valence-electron chi connectivity index (χ1n) is 7.52. The topological polar surface area (TPSA) is 42.0 Å². The molecule has 130 valence electrons. The summed E-state index contributed by atoms with van der Waals surface area (Å²) in [6.45, 7) is 5.75. The monoisotopic (exact) mass is 364 g/mol. The fourth-order valence-electron chi connectivity index (χ4n) is 2.75. The number of carbonyl (C=O) groups excluding carboxylic acids is 1. The first-order chi connectivity index (χ1) is 11.6. The average molecular weight is 364 g/mol. The maximum Gasteiger partial charge on any atom is 0.416 e.